The van der Waals surface area contributed by atoms with Crippen LogP contribution < -0.4 is 5.73 Å². The van der Waals surface area contributed by atoms with Crippen LogP contribution in [0.25, 0.3) is 0 Å². The molecule has 0 aliphatic heterocycles. The van der Waals surface area contributed by atoms with E-state index in [-0.39, 0.29) is 6.61 Å². The highest BCUT2D eigenvalue weighted by Crippen LogP contribution is 1.66. The lowest BCUT2D eigenvalue weighted by molar-refractivity contribution is -0.122. The molecule has 0 saturated carbocycles. The number of amides is 1. The lowest BCUT2D eigenvalue weighted by Crippen LogP contribution is -2.17. The van der Waals surface area contributed by atoms with Crippen molar-refractivity contribution in [3.8, 4) is 0 Å². The number of carbonyl (C=O) groups excluding carboxylic acids is 1. The first-order chi connectivity index (χ1) is 3.27. The van der Waals surface area contributed by atoms with Gasteiger partial charge in [-0.3, -0.25) is 4.79 Å². The molecule has 1 amide bonds. The average molecular weight is 102 g/mol. The molecule has 0 aromatic heterocycles. The summed E-state index contributed by atoms with van der Waals surface area (Å²) in [6.45, 7) is 3.60. The first-order valence-corrected chi connectivity index (χ1v) is 1.92. The molecular formula is C4H8NO2. The number of ether oxygens (including phenoxy) is 1. The standard InChI is InChI=1S/C4H8NO2/c1-2-7-3-4(5)6/h1-3H2,(H2,5,6). The Kier molecular flexibility index (Phi) is 3.32. The van der Waals surface area contributed by atoms with Crippen LogP contribution in [0.5, 0.6) is 0 Å². The zero-order chi connectivity index (χ0) is 5.70. The fourth-order valence-corrected chi connectivity index (χ4v) is 0.173. The van der Waals surface area contributed by atoms with Gasteiger partial charge in [-0.25, -0.2) is 0 Å². The molecule has 0 aliphatic carbocycles. The summed E-state index contributed by atoms with van der Waals surface area (Å²) >= 11 is 0. The molecule has 1 radical (unpaired) electrons. The van der Waals surface area contributed by atoms with Gasteiger partial charge < -0.3 is 10.5 Å². The van der Waals surface area contributed by atoms with Crippen molar-refractivity contribution in [1.29, 1.82) is 0 Å². The van der Waals surface area contributed by atoms with E-state index in [1.165, 1.54) is 0 Å². The summed E-state index contributed by atoms with van der Waals surface area (Å²) in [4.78, 5) is 9.83. The first-order valence-electron chi connectivity index (χ1n) is 1.92. The number of hydrogen-bond donors (Lipinski definition) is 1. The molecule has 0 heterocycles. The van der Waals surface area contributed by atoms with Crippen molar-refractivity contribution in [1.82, 2.24) is 0 Å². The Morgan fingerprint density at radius 2 is 2.43 bits per heavy atom. The minimum absolute atomic E-state index is 0.0243. The Bertz CT molecular complexity index is 62.7. The summed E-state index contributed by atoms with van der Waals surface area (Å²) in [6, 6.07) is 0. The lowest BCUT2D eigenvalue weighted by Gasteiger charge is -1.91. The summed E-state index contributed by atoms with van der Waals surface area (Å²) < 4.78 is 4.51. The Balaban J connectivity index is 2.82. The molecule has 0 rings (SSSR count). The van der Waals surface area contributed by atoms with Crippen LogP contribution >= 0.6 is 0 Å². The molecule has 0 unspecified atom stereocenters. The zero-order valence-corrected chi connectivity index (χ0v) is 4.02. The van der Waals surface area contributed by atoms with E-state index in [0.717, 1.165) is 0 Å². The molecule has 0 saturated heterocycles. The maximum absolute atomic E-state index is 9.83. The third-order valence-electron chi connectivity index (χ3n) is 0.389. The summed E-state index contributed by atoms with van der Waals surface area (Å²) in [5, 5.41) is 0. The van der Waals surface area contributed by atoms with Crippen LogP contribution in [0.15, 0.2) is 0 Å². The topological polar surface area (TPSA) is 52.3 Å². The van der Waals surface area contributed by atoms with Gasteiger partial charge in [-0.05, 0) is 6.92 Å². The largest absolute Gasteiger partial charge is 0.372 e. The second kappa shape index (κ2) is 3.61. The Morgan fingerprint density at radius 1 is 1.86 bits per heavy atom. The van der Waals surface area contributed by atoms with Gasteiger partial charge in [-0.15, -0.1) is 0 Å². The van der Waals surface area contributed by atoms with Crippen molar-refractivity contribution in [2.24, 2.45) is 5.73 Å². The number of nitrogens with two attached hydrogens (primary N) is 1. The van der Waals surface area contributed by atoms with Gasteiger partial charge in [0.15, 0.2) is 0 Å². The Hall–Kier alpha value is -0.570. The summed E-state index contributed by atoms with van der Waals surface area (Å²) in [6.07, 6.45) is 0. The Labute approximate surface area is 42.4 Å². The Morgan fingerprint density at radius 3 is 2.57 bits per heavy atom. The summed E-state index contributed by atoms with van der Waals surface area (Å²) in [7, 11) is 0. The van der Waals surface area contributed by atoms with Gasteiger partial charge in [-0.1, -0.05) is 0 Å². The molecule has 41 valence electrons. The van der Waals surface area contributed by atoms with Crippen LogP contribution in [-0.4, -0.2) is 19.1 Å². The number of rotatable bonds is 3. The van der Waals surface area contributed by atoms with E-state index in [1.54, 1.807) is 0 Å². The molecular weight excluding hydrogens is 94.0 g/mol. The first kappa shape index (κ1) is 6.43. The number of carbonyl (C=O) groups is 1. The van der Waals surface area contributed by atoms with Gasteiger partial charge in [0, 0.05) is 6.61 Å². The van der Waals surface area contributed by atoms with Crippen LogP contribution in [0, 0.1) is 6.92 Å². The molecule has 3 heteroatoms. The van der Waals surface area contributed by atoms with Gasteiger partial charge in [0.1, 0.15) is 6.61 Å². The molecule has 0 bridgehead atoms. The molecule has 0 aromatic rings. The van der Waals surface area contributed by atoms with Gasteiger partial charge in [0.25, 0.3) is 0 Å². The third-order valence-corrected chi connectivity index (χ3v) is 0.389. The molecule has 7 heavy (non-hydrogen) atoms. The van der Waals surface area contributed by atoms with Crippen molar-refractivity contribution in [3.63, 3.8) is 0 Å². The van der Waals surface area contributed by atoms with Crippen LogP contribution in [0.4, 0.5) is 0 Å². The average Bonchev–Trinajstić information content (AvgIpc) is 1.61. The SMILES string of the molecule is [CH2]COCC(N)=O. The maximum Gasteiger partial charge on any atom is 0.243 e. The van der Waals surface area contributed by atoms with Crippen molar-refractivity contribution < 1.29 is 9.53 Å². The monoisotopic (exact) mass is 102 g/mol. The number of primary amides is 1. The van der Waals surface area contributed by atoms with E-state index in [2.05, 4.69) is 17.4 Å². The number of hydrogen-bond acceptors (Lipinski definition) is 2. The normalized spacial score (nSPS) is 8.71. The maximum atomic E-state index is 9.83. The smallest absolute Gasteiger partial charge is 0.243 e. The minimum atomic E-state index is -0.455. The highest BCUT2D eigenvalue weighted by atomic mass is 16.5. The quantitative estimate of drug-likeness (QED) is 0.513. The molecule has 0 aromatic carbocycles. The van der Waals surface area contributed by atoms with E-state index in [4.69, 9.17) is 0 Å². The summed E-state index contributed by atoms with van der Waals surface area (Å²) in [5.41, 5.74) is 4.69. The highest BCUT2D eigenvalue weighted by molar-refractivity contribution is 5.74. The minimum Gasteiger partial charge on any atom is -0.372 e. The molecule has 2 N–H and O–H groups in total. The fourth-order valence-electron chi connectivity index (χ4n) is 0.173. The fraction of sp³-hybridized carbons (Fsp3) is 0.500. The van der Waals surface area contributed by atoms with Gasteiger partial charge in [-0.2, -0.15) is 0 Å². The van der Waals surface area contributed by atoms with E-state index >= 15 is 0 Å². The highest BCUT2D eigenvalue weighted by Gasteiger charge is 1.87. The van der Waals surface area contributed by atoms with Gasteiger partial charge in [0.05, 0.1) is 0 Å². The molecule has 0 spiro atoms. The van der Waals surface area contributed by atoms with Crippen LogP contribution in [0.2, 0.25) is 0 Å². The third kappa shape index (κ3) is 5.43. The molecule has 0 atom stereocenters. The predicted octanol–water partition coefficient (Wildman–Crippen LogP) is -0.678. The van der Waals surface area contributed by atoms with Gasteiger partial charge in [0.2, 0.25) is 5.91 Å². The lowest BCUT2D eigenvalue weighted by atomic mass is 10.7. The second-order valence-electron chi connectivity index (χ2n) is 1.02. The van der Waals surface area contributed by atoms with E-state index in [1.807, 2.05) is 0 Å². The molecule has 3 nitrogen and oxygen atoms in total. The summed E-state index contributed by atoms with van der Waals surface area (Å²) in [5.74, 6) is -0.455. The molecule has 0 aliphatic rings. The second-order valence-corrected chi connectivity index (χ2v) is 1.02. The van der Waals surface area contributed by atoms with E-state index in [9.17, 15) is 4.79 Å². The zero-order valence-electron chi connectivity index (χ0n) is 4.02. The van der Waals surface area contributed by atoms with Crippen LogP contribution in [-0.2, 0) is 9.53 Å². The van der Waals surface area contributed by atoms with Gasteiger partial charge >= 0.3 is 0 Å². The van der Waals surface area contributed by atoms with Crippen molar-refractivity contribution in [2.45, 2.75) is 0 Å². The van der Waals surface area contributed by atoms with Crippen molar-refractivity contribution in [2.75, 3.05) is 13.2 Å². The predicted molar refractivity (Wildman–Crippen MR) is 25.4 cm³/mol. The van der Waals surface area contributed by atoms with Crippen molar-refractivity contribution in [3.05, 3.63) is 6.92 Å². The van der Waals surface area contributed by atoms with E-state index < -0.39 is 5.91 Å². The van der Waals surface area contributed by atoms with Crippen LogP contribution in [0.1, 0.15) is 0 Å². The van der Waals surface area contributed by atoms with Crippen molar-refractivity contribution >= 4 is 5.91 Å². The van der Waals surface area contributed by atoms with Crippen LogP contribution in [0.3, 0.4) is 0 Å². The molecule has 0 fully saturated rings. The van der Waals surface area contributed by atoms with E-state index in [0.29, 0.717) is 6.61 Å².